The van der Waals surface area contributed by atoms with Crippen molar-refractivity contribution in [1.29, 1.82) is 0 Å². The molecular weight excluding hydrogens is 338 g/mol. The van der Waals surface area contributed by atoms with Gasteiger partial charge in [0.05, 0.1) is 25.4 Å². The molecule has 2 N–H and O–H groups in total. The number of aliphatic hydroxyl groups is 2. The highest BCUT2D eigenvalue weighted by Crippen LogP contribution is 2.17. The largest absolute Gasteiger partial charge is 0.444 e. The topological polar surface area (TPSA) is 88.5 Å². The van der Waals surface area contributed by atoms with Crippen LogP contribution in [0.4, 0.5) is 4.79 Å². The molecule has 0 aromatic heterocycles. The van der Waals surface area contributed by atoms with Crippen LogP contribution in [0, 0.1) is 0 Å². The standard InChI is InChI=1S/C15H29NO5.C4H8O/c1-15(2,3)21-14(18)16-7-5-13(6-8-16)20-12-11-19-10-4-9-17;5-4-2-1-3-4/h13,17H,4-12H2,1-3H3;4-5H,1-3H2. The van der Waals surface area contributed by atoms with Crippen LogP contribution in [0.25, 0.3) is 0 Å². The van der Waals surface area contributed by atoms with E-state index in [9.17, 15) is 4.79 Å². The van der Waals surface area contributed by atoms with Crippen molar-refractivity contribution >= 4 is 6.09 Å². The van der Waals surface area contributed by atoms with Gasteiger partial charge >= 0.3 is 6.09 Å². The molecule has 2 fully saturated rings. The first-order valence-corrected chi connectivity index (χ1v) is 9.78. The molecule has 7 nitrogen and oxygen atoms in total. The highest BCUT2D eigenvalue weighted by atomic mass is 16.6. The number of carbonyl (C=O) groups excluding carboxylic acids is 1. The Balaban J connectivity index is 0.000000577. The van der Waals surface area contributed by atoms with Gasteiger partial charge in [-0.15, -0.1) is 0 Å². The molecule has 1 heterocycles. The molecule has 1 aliphatic heterocycles. The van der Waals surface area contributed by atoms with E-state index in [0.717, 1.165) is 25.7 Å². The normalized spacial score (nSPS) is 18.7. The zero-order chi connectivity index (χ0) is 19.4. The Morgan fingerprint density at radius 1 is 1.08 bits per heavy atom. The predicted molar refractivity (Wildman–Crippen MR) is 99.2 cm³/mol. The van der Waals surface area contributed by atoms with Gasteiger partial charge in [0.1, 0.15) is 5.60 Å². The molecule has 0 atom stereocenters. The summed E-state index contributed by atoms with van der Waals surface area (Å²) in [6.07, 6.45) is 5.65. The van der Waals surface area contributed by atoms with Gasteiger partial charge in [-0.25, -0.2) is 4.79 Å². The lowest BCUT2D eigenvalue weighted by Crippen LogP contribution is -2.43. The van der Waals surface area contributed by atoms with Crippen LogP contribution in [0.2, 0.25) is 0 Å². The minimum absolute atomic E-state index is 0.0648. The highest BCUT2D eigenvalue weighted by Gasteiger charge is 2.27. The van der Waals surface area contributed by atoms with Crippen LogP contribution < -0.4 is 0 Å². The van der Waals surface area contributed by atoms with E-state index in [2.05, 4.69) is 0 Å². The lowest BCUT2D eigenvalue weighted by atomic mass is 9.97. The molecule has 0 bridgehead atoms. The van der Waals surface area contributed by atoms with E-state index in [-0.39, 0.29) is 24.9 Å². The van der Waals surface area contributed by atoms with Crippen molar-refractivity contribution in [2.24, 2.45) is 0 Å². The molecule has 2 rings (SSSR count). The molecule has 1 aliphatic carbocycles. The number of rotatable bonds is 7. The Morgan fingerprint density at radius 3 is 2.15 bits per heavy atom. The molecule has 1 amide bonds. The fraction of sp³-hybridized carbons (Fsp3) is 0.947. The van der Waals surface area contributed by atoms with Gasteiger partial charge in [0.2, 0.25) is 0 Å². The van der Waals surface area contributed by atoms with E-state index in [1.54, 1.807) is 4.90 Å². The fourth-order valence-corrected chi connectivity index (χ4v) is 2.46. The quantitative estimate of drug-likeness (QED) is 0.664. The smallest absolute Gasteiger partial charge is 0.410 e. The molecule has 0 spiro atoms. The number of piperidine rings is 1. The van der Waals surface area contributed by atoms with E-state index in [4.69, 9.17) is 24.4 Å². The Morgan fingerprint density at radius 2 is 1.69 bits per heavy atom. The SMILES string of the molecule is CC(C)(C)OC(=O)N1CCC(OCCOCCCO)CC1.OC1CCC1. The summed E-state index contributed by atoms with van der Waals surface area (Å²) in [7, 11) is 0. The van der Waals surface area contributed by atoms with Crippen LogP contribution in [0.15, 0.2) is 0 Å². The molecule has 7 heteroatoms. The summed E-state index contributed by atoms with van der Waals surface area (Å²) in [6.45, 7) is 8.79. The minimum Gasteiger partial charge on any atom is -0.444 e. The molecule has 154 valence electrons. The minimum atomic E-state index is -0.448. The van der Waals surface area contributed by atoms with Gasteiger partial charge in [0.25, 0.3) is 0 Å². The van der Waals surface area contributed by atoms with Crippen molar-refractivity contribution in [2.75, 3.05) is 39.5 Å². The third kappa shape index (κ3) is 11.0. The molecule has 0 radical (unpaired) electrons. The second-order valence-electron chi connectivity index (χ2n) is 7.81. The maximum atomic E-state index is 11.9. The van der Waals surface area contributed by atoms with Crippen molar-refractivity contribution in [3.05, 3.63) is 0 Å². The number of likely N-dealkylation sites (tertiary alicyclic amines) is 1. The lowest BCUT2D eigenvalue weighted by Gasteiger charge is -2.33. The first kappa shape index (κ1) is 23.1. The molecule has 2 aliphatic rings. The second kappa shape index (κ2) is 12.5. The summed E-state index contributed by atoms with van der Waals surface area (Å²) in [6, 6.07) is 0. The van der Waals surface area contributed by atoms with Crippen LogP contribution in [0.5, 0.6) is 0 Å². The van der Waals surface area contributed by atoms with Gasteiger partial charge in [0, 0.05) is 26.3 Å². The maximum absolute atomic E-state index is 11.9. The molecule has 0 unspecified atom stereocenters. The second-order valence-corrected chi connectivity index (χ2v) is 7.81. The number of hydrogen-bond donors (Lipinski definition) is 2. The number of aliphatic hydroxyl groups excluding tert-OH is 2. The molecular formula is C19H37NO6. The summed E-state index contributed by atoms with van der Waals surface area (Å²) < 4.78 is 16.4. The number of hydrogen-bond acceptors (Lipinski definition) is 6. The lowest BCUT2D eigenvalue weighted by molar-refractivity contribution is -0.0302. The van der Waals surface area contributed by atoms with Crippen LogP contribution in [0.3, 0.4) is 0 Å². The Hall–Kier alpha value is -0.890. The average molecular weight is 376 g/mol. The Kier molecular flexibility index (Phi) is 11.1. The van der Waals surface area contributed by atoms with Crippen molar-refractivity contribution in [2.45, 2.75) is 77.1 Å². The summed E-state index contributed by atoms with van der Waals surface area (Å²) in [5.74, 6) is 0. The van der Waals surface area contributed by atoms with Crippen LogP contribution >= 0.6 is 0 Å². The van der Waals surface area contributed by atoms with Crippen LogP contribution in [-0.2, 0) is 14.2 Å². The van der Waals surface area contributed by atoms with Crippen molar-refractivity contribution in [3.63, 3.8) is 0 Å². The third-order valence-electron chi connectivity index (χ3n) is 4.20. The first-order valence-electron chi connectivity index (χ1n) is 9.78. The van der Waals surface area contributed by atoms with Crippen molar-refractivity contribution in [1.82, 2.24) is 4.90 Å². The Labute approximate surface area is 157 Å². The molecule has 26 heavy (non-hydrogen) atoms. The molecule has 1 saturated carbocycles. The summed E-state index contributed by atoms with van der Waals surface area (Å²) in [4.78, 5) is 13.6. The van der Waals surface area contributed by atoms with E-state index in [1.807, 2.05) is 20.8 Å². The molecule has 1 saturated heterocycles. The Bertz CT molecular complexity index is 373. The number of nitrogens with zero attached hydrogens (tertiary/aromatic N) is 1. The highest BCUT2D eigenvalue weighted by molar-refractivity contribution is 5.68. The zero-order valence-corrected chi connectivity index (χ0v) is 16.6. The van der Waals surface area contributed by atoms with E-state index in [1.165, 1.54) is 6.42 Å². The zero-order valence-electron chi connectivity index (χ0n) is 16.6. The van der Waals surface area contributed by atoms with Crippen LogP contribution in [0.1, 0.15) is 59.3 Å². The van der Waals surface area contributed by atoms with E-state index >= 15 is 0 Å². The van der Waals surface area contributed by atoms with Gasteiger partial charge in [-0.1, -0.05) is 0 Å². The van der Waals surface area contributed by atoms with Gasteiger partial charge in [-0.3, -0.25) is 0 Å². The average Bonchev–Trinajstić information content (AvgIpc) is 2.56. The maximum Gasteiger partial charge on any atom is 0.410 e. The number of ether oxygens (including phenoxy) is 3. The van der Waals surface area contributed by atoms with Gasteiger partial charge in [-0.05, 0) is 59.3 Å². The van der Waals surface area contributed by atoms with Crippen molar-refractivity contribution in [3.8, 4) is 0 Å². The fourth-order valence-electron chi connectivity index (χ4n) is 2.46. The van der Waals surface area contributed by atoms with Crippen LogP contribution in [-0.4, -0.2) is 78.5 Å². The van der Waals surface area contributed by atoms with Gasteiger partial charge in [0.15, 0.2) is 0 Å². The summed E-state index contributed by atoms with van der Waals surface area (Å²) >= 11 is 0. The van der Waals surface area contributed by atoms with Gasteiger partial charge in [-0.2, -0.15) is 0 Å². The van der Waals surface area contributed by atoms with Gasteiger partial charge < -0.3 is 29.3 Å². The van der Waals surface area contributed by atoms with E-state index in [0.29, 0.717) is 39.3 Å². The number of carbonyl (C=O) groups is 1. The first-order chi connectivity index (χ1) is 12.3. The van der Waals surface area contributed by atoms with E-state index < -0.39 is 5.60 Å². The molecule has 0 aromatic rings. The predicted octanol–water partition coefficient (Wildman–Crippen LogP) is 2.33. The number of amides is 1. The van der Waals surface area contributed by atoms with Crippen molar-refractivity contribution < 1.29 is 29.2 Å². The third-order valence-corrected chi connectivity index (χ3v) is 4.20. The summed E-state index contributed by atoms with van der Waals surface area (Å²) in [5.41, 5.74) is -0.448. The summed E-state index contributed by atoms with van der Waals surface area (Å²) in [5, 5.41) is 17.1. The monoisotopic (exact) mass is 375 g/mol. The molecule has 0 aromatic carbocycles.